The highest BCUT2D eigenvalue weighted by Gasteiger charge is 2.22. The van der Waals surface area contributed by atoms with Gasteiger partial charge in [0.15, 0.2) is 0 Å². The monoisotopic (exact) mass is 300 g/mol. The molecule has 7 heteroatoms. The molecule has 1 unspecified atom stereocenters. The number of hydrogen-bond donors (Lipinski definition) is 2. The van der Waals surface area contributed by atoms with Crippen LogP contribution in [0.2, 0.25) is 5.02 Å². The normalized spacial score (nSPS) is 12.2. The largest absolute Gasteiger partial charge is 0.396 e. The first-order valence-corrected chi connectivity index (χ1v) is 6.61. The molecule has 0 heterocycles. The number of halogens is 1. The van der Waals surface area contributed by atoms with E-state index in [0.29, 0.717) is 6.42 Å². The molecular formula is C13H17ClN2O4. The van der Waals surface area contributed by atoms with E-state index in [1.807, 2.05) is 13.8 Å². The number of carbonyl (C=O) groups is 1. The molecule has 0 spiro atoms. The molecule has 1 amide bonds. The summed E-state index contributed by atoms with van der Waals surface area (Å²) in [6.07, 6.45) is 0.413. The molecule has 110 valence electrons. The van der Waals surface area contributed by atoms with Crippen molar-refractivity contribution in [2.45, 2.75) is 26.3 Å². The Labute approximate surface area is 121 Å². The number of nitrogens with one attached hydrogen (secondary N) is 1. The van der Waals surface area contributed by atoms with Crippen molar-refractivity contribution in [3.8, 4) is 0 Å². The van der Waals surface area contributed by atoms with E-state index in [9.17, 15) is 14.9 Å². The van der Waals surface area contributed by atoms with E-state index in [0.717, 1.165) is 0 Å². The minimum Gasteiger partial charge on any atom is -0.396 e. The van der Waals surface area contributed by atoms with E-state index < -0.39 is 10.8 Å². The van der Waals surface area contributed by atoms with E-state index in [-0.39, 0.29) is 34.8 Å². The first-order valence-electron chi connectivity index (χ1n) is 6.23. The van der Waals surface area contributed by atoms with Gasteiger partial charge in [-0.3, -0.25) is 14.9 Å². The van der Waals surface area contributed by atoms with Crippen LogP contribution in [-0.2, 0) is 0 Å². The number of nitrogens with zero attached hydrogens (tertiary/aromatic N) is 1. The second-order valence-corrected chi connectivity index (χ2v) is 5.11. The van der Waals surface area contributed by atoms with Crippen molar-refractivity contribution in [3.05, 3.63) is 38.9 Å². The quantitative estimate of drug-likeness (QED) is 0.623. The number of aliphatic hydroxyl groups is 1. The zero-order chi connectivity index (χ0) is 15.3. The molecular weight excluding hydrogens is 284 g/mol. The van der Waals surface area contributed by atoms with Crippen LogP contribution in [0.25, 0.3) is 0 Å². The molecule has 0 aliphatic carbocycles. The highest BCUT2D eigenvalue weighted by atomic mass is 35.5. The molecule has 0 aliphatic rings. The van der Waals surface area contributed by atoms with Crippen LogP contribution in [0.1, 0.15) is 30.6 Å². The summed E-state index contributed by atoms with van der Waals surface area (Å²) in [5.41, 5.74) is -0.243. The molecule has 0 saturated heterocycles. The van der Waals surface area contributed by atoms with Crippen molar-refractivity contribution in [3.63, 3.8) is 0 Å². The zero-order valence-corrected chi connectivity index (χ0v) is 12.1. The van der Waals surface area contributed by atoms with Crippen molar-refractivity contribution in [2.75, 3.05) is 6.61 Å². The fourth-order valence-corrected chi connectivity index (χ4v) is 2.07. The number of nitro benzene ring substituents is 1. The van der Waals surface area contributed by atoms with Gasteiger partial charge in [0, 0.05) is 18.7 Å². The van der Waals surface area contributed by atoms with E-state index in [2.05, 4.69) is 5.32 Å². The Hall–Kier alpha value is -1.66. The minimum absolute atomic E-state index is 0.0498. The van der Waals surface area contributed by atoms with Crippen molar-refractivity contribution in [1.29, 1.82) is 0 Å². The van der Waals surface area contributed by atoms with Gasteiger partial charge in [-0.15, -0.1) is 0 Å². The SMILES string of the molecule is CC(C)C(CCO)NC(=O)c1cccc([N+](=O)[O-])c1Cl. The fraction of sp³-hybridized carbons (Fsp3) is 0.462. The number of carbonyl (C=O) groups excluding carboxylic acids is 1. The van der Waals surface area contributed by atoms with Gasteiger partial charge < -0.3 is 10.4 Å². The lowest BCUT2D eigenvalue weighted by molar-refractivity contribution is -0.384. The predicted octanol–water partition coefficient (Wildman–Crippen LogP) is 2.39. The van der Waals surface area contributed by atoms with Gasteiger partial charge in [-0.2, -0.15) is 0 Å². The van der Waals surface area contributed by atoms with Crippen LogP contribution in [0.4, 0.5) is 5.69 Å². The molecule has 0 saturated carbocycles. The average Bonchev–Trinajstić information content (AvgIpc) is 2.37. The molecule has 0 aromatic heterocycles. The Morgan fingerprint density at radius 1 is 1.50 bits per heavy atom. The van der Waals surface area contributed by atoms with Gasteiger partial charge >= 0.3 is 0 Å². The smallest absolute Gasteiger partial charge is 0.288 e. The molecule has 2 N–H and O–H groups in total. The van der Waals surface area contributed by atoms with Crippen molar-refractivity contribution >= 4 is 23.2 Å². The number of aliphatic hydroxyl groups excluding tert-OH is 1. The summed E-state index contributed by atoms with van der Waals surface area (Å²) >= 11 is 5.89. The number of hydrogen-bond acceptors (Lipinski definition) is 4. The Kier molecular flexibility index (Phi) is 5.91. The lowest BCUT2D eigenvalue weighted by Gasteiger charge is -2.21. The summed E-state index contributed by atoms with van der Waals surface area (Å²) in [4.78, 5) is 22.3. The molecule has 20 heavy (non-hydrogen) atoms. The van der Waals surface area contributed by atoms with E-state index in [1.54, 1.807) is 0 Å². The first kappa shape index (κ1) is 16.4. The summed E-state index contributed by atoms with van der Waals surface area (Å²) in [5, 5.41) is 22.3. The summed E-state index contributed by atoms with van der Waals surface area (Å²) in [6.45, 7) is 3.77. The van der Waals surface area contributed by atoms with Crippen molar-refractivity contribution < 1.29 is 14.8 Å². The van der Waals surface area contributed by atoms with Gasteiger partial charge in [0.1, 0.15) is 5.02 Å². The standard InChI is InChI=1S/C13H17ClN2O4/c1-8(2)10(6-7-17)15-13(18)9-4-3-5-11(12(9)14)16(19)20/h3-5,8,10,17H,6-7H2,1-2H3,(H,15,18). The van der Waals surface area contributed by atoms with Crippen LogP contribution in [0.15, 0.2) is 18.2 Å². The second kappa shape index (κ2) is 7.21. The van der Waals surface area contributed by atoms with Crippen LogP contribution >= 0.6 is 11.6 Å². The summed E-state index contributed by atoms with van der Waals surface area (Å²) < 4.78 is 0. The minimum atomic E-state index is -0.632. The second-order valence-electron chi connectivity index (χ2n) is 4.73. The third kappa shape index (κ3) is 3.91. The van der Waals surface area contributed by atoms with Gasteiger partial charge in [-0.25, -0.2) is 0 Å². The zero-order valence-electron chi connectivity index (χ0n) is 11.3. The lowest BCUT2D eigenvalue weighted by atomic mass is 10.0. The number of nitro groups is 1. The number of amides is 1. The third-order valence-corrected chi connectivity index (χ3v) is 3.38. The topological polar surface area (TPSA) is 92.5 Å². The van der Waals surface area contributed by atoms with Crippen LogP contribution in [0.3, 0.4) is 0 Å². The number of benzene rings is 1. The Balaban J connectivity index is 2.98. The third-order valence-electron chi connectivity index (χ3n) is 2.98. The van der Waals surface area contributed by atoms with Crippen molar-refractivity contribution in [1.82, 2.24) is 5.32 Å². The van der Waals surface area contributed by atoms with E-state index in [4.69, 9.17) is 16.7 Å². The van der Waals surface area contributed by atoms with E-state index >= 15 is 0 Å². The Bertz CT molecular complexity index is 505. The van der Waals surface area contributed by atoms with Gasteiger partial charge in [0.25, 0.3) is 11.6 Å². The lowest BCUT2D eigenvalue weighted by Crippen LogP contribution is -2.39. The highest BCUT2D eigenvalue weighted by molar-refractivity contribution is 6.35. The van der Waals surface area contributed by atoms with Gasteiger partial charge in [0.2, 0.25) is 0 Å². The maximum Gasteiger partial charge on any atom is 0.288 e. The van der Waals surface area contributed by atoms with Crippen molar-refractivity contribution in [2.24, 2.45) is 5.92 Å². The van der Waals surface area contributed by atoms with Gasteiger partial charge in [-0.1, -0.05) is 31.5 Å². The molecule has 1 atom stereocenters. The fourth-order valence-electron chi connectivity index (χ4n) is 1.79. The summed E-state index contributed by atoms with van der Waals surface area (Å²) in [5.74, 6) is -0.352. The van der Waals surface area contributed by atoms with E-state index in [1.165, 1.54) is 18.2 Å². The molecule has 0 fully saturated rings. The van der Waals surface area contributed by atoms with Crippen LogP contribution in [-0.4, -0.2) is 28.6 Å². The summed E-state index contributed by atoms with van der Waals surface area (Å²) in [6, 6.07) is 3.87. The Morgan fingerprint density at radius 2 is 2.15 bits per heavy atom. The van der Waals surface area contributed by atoms with Crippen LogP contribution in [0.5, 0.6) is 0 Å². The predicted molar refractivity (Wildman–Crippen MR) is 75.9 cm³/mol. The van der Waals surface area contributed by atoms with Gasteiger partial charge in [0.05, 0.1) is 10.5 Å². The highest BCUT2D eigenvalue weighted by Crippen LogP contribution is 2.27. The first-order chi connectivity index (χ1) is 9.38. The number of rotatable bonds is 6. The molecule has 0 bridgehead atoms. The van der Waals surface area contributed by atoms with Crippen LogP contribution < -0.4 is 5.32 Å². The molecule has 1 rings (SSSR count). The van der Waals surface area contributed by atoms with Gasteiger partial charge in [-0.05, 0) is 18.4 Å². The van der Waals surface area contributed by atoms with Crippen LogP contribution in [0, 0.1) is 16.0 Å². The summed E-state index contributed by atoms with van der Waals surface area (Å²) in [7, 11) is 0. The molecule has 1 aromatic carbocycles. The molecule has 0 radical (unpaired) electrons. The maximum atomic E-state index is 12.1. The maximum absolute atomic E-state index is 12.1. The molecule has 6 nitrogen and oxygen atoms in total. The molecule has 1 aromatic rings. The Morgan fingerprint density at radius 3 is 2.65 bits per heavy atom. The average molecular weight is 301 g/mol. The molecule has 0 aliphatic heterocycles.